The lowest BCUT2D eigenvalue weighted by Gasteiger charge is -2.43. The molecule has 1 aromatic heterocycles. The van der Waals surface area contributed by atoms with Crippen LogP contribution in [0.1, 0.15) is 18.5 Å². The van der Waals surface area contributed by atoms with Crippen LogP contribution >= 0.6 is 15.9 Å². The number of nitrogens with zero attached hydrogens (tertiary/aromatic N) is 2. The zero-order valence-corrected chi connectivity index (χ0v) is 10.7. The number of hydrogen-bond donors (Lipinski definition) is 0. The van der Waals surface area contributed by atoms with Gasteiger partial charge in [0.1, 0.15) is 5.69 Å². The van der Waals surface area contributed by atoms with Crippen LogP contribution < -0.4 is 0 Å². The molecule has 1 saturated carbocycles. The largest absolute Gasteiger partial charge is 0.347 e. The van der Waals surface area contributed by atoms with E-state index in [0.717, 1.165) is 10.2 Å². The molecule has 1 spiro atoms. The lowest BCUT2D eigenvalue weighted by molar-refractivity contribution is -0.232. The lowest BCUT2D eigenvalue weighted by Crippen LogP contribution is -2.54. The number of pyridine rings is 1. The molecule has 0 amide bonds. The molecule has 0 unspecified atom stereocenters. The molecule has 0 atom stereocenters. The van der Waals surface area contributed by atoms with Crippen molar-refractivity contribution in [3.8, 4) is 0 Å². The van der Waals surface area contributed by atoms with Crippen molar-refractivity contribution in [3.63, 3.8) is 0 Å². The van der Waals surface area contributed by atoms with Gasteiger partial charge in [-0.1, -0.05) is 0 Å². The van der Waals surface area contributed by atoms with Crippen LogP contribution in [0.5, 0.6) is 0 Å². The Bertz CT molecular complexity index is 484. The zero-order chi connectivity index (χ0) is 11.9. The first-order chi connectivity index (χ1) is 8.20. The standard InChI is InChI=1S/C12H11BrN2O2/c1-14-11(10-9(13)3-2-4-15-10)7-12(8-11)16-5-6-17-12/h2-4H,5-8H2. The minimum absolute atomic E-state index is 0.526. The molecule has 2 fully saturated rings. The Morgan fingerprint density at radius 1 is 1.35 bits per heavy atom. The second-order valence-corrected chi connectivity index (χ2v) is 5.29. The number of aromatic nitrogens is 1. The summed E-state index contributed by atoms with van der Waals surface area (Å²) in [7, 11) is 0. The number of rotatable bonds is 1. The van der Waals surface area contributed by atoms with Gasteiger partial charge in [0.05, 0.1) is 26.1 Å². The van der Waals surface area contributed by atoms with Gasteiger partial charge in [-0.15, -0.1) is 0 Å². The van der Waals surface area contributed by atoms with Crippen LogP contribution in [-0.2, 0) is 15.0 Å². The van der Waals surface area contributed by atoms with Crippen LogP contribution in [0.25, 0.3) is 4.85 Å². The molecule has 1 aliphatic heterocycles. The zero-order valence-electron chi connectivity index (χ0n) is 9.15. The van der Waals surface area contributed by atoms with Gasteiger partial charge in [-0.2, -0.15) is 0 Å². The number of halogens is 1. The second kappa shape index (κ2) is 3.77. The summed E-state index contributed by atoms with van der Waals surface area (Å²) in [4.78, 5) is 8.10. The average Bonchev–Trinajstić information content (AvgIpc) is 2.76. The molecule has 0 bridgehead atoms. The molecular weight excluding hydrogens is 284 g/mol. The summed E-state index contributed by atoms with van der Waals surface area (Å²) in [6.07, 6.45) is 2.85. The minimum atomic E-state index is -0.593. The fraction of sp³-hybridized carbons (Fsp3) is 0.500. The Labute approximate surface area is 108 Å². The first kappa shape index (κ1) is 11.1. The average molecular weight is 295 g/mol. The van der Waals surface area contributed by atoms with E-state index in [-0.39, 0.29) is 0 Å². The maximum atomic E-state index is 7.44. The Hall–Kier alpha value is -0.960. The fourth-order valence-electron chi connectivity index (χ4n) is 2.57. The van der Waals surface area contributed by atoms with Crippen LogP contribution in [-0.4, -0.2) is 24.0 Å². The maximum Gasteiger partial charge on any atom is 0.285 e. The summed E-state index contributed by atoms with van der Waals surface area (Å²) in [6, 6.07) is 3.76. The highest BCUT2D eigenvalue weighted by molar-refractivity contribution is 9.10. The van der Waals surface area contributed by atoms with E-state index in [1.54, 1.807) is 6.20 Å². The summed E-state index contributed by atoms with van der Waals surface area (Å²) < 4.78 is 12.1. The van der Waals surface area contributed by atoms with E-state index in [4.69, 9.17) is 16.0 Å². The Balaban J connectivity index is 1.92. The Morgan fingerprint density at radius 2 is 2.06 bits per heavy atom. The van der Waals surface area contributed by atoms with Gasteiger partial charge in [-0.3, -0.25) is 4.98 Å². The van der Waals surface area contributed by atoms with Crippen molar-refractivity contribution in [2.45, 2.75) is 24.2 Å². The van der Waals surface area contributed by atoms with Gasteiger partial charge in [-0.25, -0.2) is 6.57 Å². The highest BCUT2D eigenvalue weighted by Crippen LogP contribution is 2.55. The molecule has 4 nitrogen and oxygen atoms in total. The summed E-state index contributed by atoms with van der Waals surface area (Å²) in [5, 5.41) is 0. The summed E-state index contributed by atoms with van der Waals surface area (Å²) in [6.45, 7) is 8.69. The molecule has 2 heterocycles. The number of ether oxygens (including phenoxy) is 2. The van der Waals surface area contributed by atoms with Crippen molar-refractivity contribution in [2.75, 3.05) is 13.2 Å². The predicted molar refractivity (Wildman–Crippen MR) is 64.1 cm³/mol. The van der Waals surface area contributed by atoms with E-state index in [1.807, 2.05) is 12.1 Å². The Morgan fingerprint density at radius 3 is 2.65 bits per heavy atom. The van der Waals surface area contributed by atoms with Gasteiger partial charge in [0.2, 0.25) is 0 Å². The molecule has 1 aromatic rings. The van der Waals surface area contributed by atoms with Gasteiger partial charge in [0.15, 0.2) is 5.79 Å². The van der Waals surface area contributed by atoms with E-state index in [0.29, 0.717) is 26.1 Å². The number of hydrogen-bond acceptors (Lipinski definition) is 3. The van der Waals surface area contributed by atoms with Crippen molar-refractivity contribution in [3.05, 3.63) is 39.9 Å². The smallest absolute Gasteiger partial charge is 0.285 e. The monoisotopic (exact) mass is 294 g/mol. The molecule has 17 heavy (non-hydrogen) atoms. The van der Waals surface area contributed by atoms with Crippen LogP contribution in [0.3, 0.4) is 0 Å². The van der Waals surface area contributed by atoms with Gasteiger partial charge in [0, 0.05) is 10.7 Å². The highest BCUT2D eigenvalue weighted by atomic mass is 79.9. The van der Waals surface area contributed by atoms with Crippen LogP contribution in [0.2, 0.25) is 0 Å². The van der Waals surface area contributed by atoms with Crippen LogP contribution in [0, 0.1) is 6.57 Å². The van der Waals surface area contributed by atoms with Crippen molar-refractivity contribution in [1.29, 1.82) is 0 Å². The Kier molecular flexibility index (Phi) is 2.47. The van der Waals surface area contributed by atoms with Gasteiger partial charge in [-0.05, 0) is 28.1 Å². The molecule has 88 valence electrons. The highest BCUT2D eigenvalue weighted by Gasteiger charge is 2.66. The molecule has 1 saturated heterocycles. The van der Waals surface area contributed by atoms with Crippen LogP contribution in [0.15, 0.2) is 22.8 Å². The van der Waals surface area contributed by atoms with Gasteiger partial charge in [0.25, 0.3) is 5.54 Å². The van der Waals surface area contributed by atoms with Crippen molar-refractivity contribution in [1.82, 2.24) is 4.98 Å². The predicted octanol–water partition coefficient (Wildman–Crippen LogP) is 2.50. The molecule has 0 radical (unpaired) electrons. The maximum absolute atomic E-state index is 7.44. The molecule has 2 aliphatic rings. The first-order valence-electron chi connectivity index (χ1n) is 5.47. The fourth-order valence-corrected chi connectivity index (χ4v) is 3.19. The first-order valence-corrected chi connectivity index (χ1v) is 6.27. The van der Waals surface area contributed by atoms with E-state index >= 15 is 0 Å². The third-order valence-electron chi connectivity index (χ3n) is 3.35. The molecule has 5 heteroatoms. The SMILES string of the molecule is [C-]#[N+]C1(c2ncccc2Br)CC2(C1)OCCO2. The molecule has 3 rings (SSSR count). The van der Waals surface area contributed by atoms with Crippen molar-refractivity contribution < 1.29 is 9.47 Å². The van der Waals surface area contributed by atoms with Crippen LogP contribution in [0.4, 0.5) is 0 Å². The molecule has 0 N–H and O–H groups in total. The summed E-state index contributed by atoms with van der Waals surface area (Å²) >= 11 is 3.46. The molecule has 1 aliphatic carbocycles. The van der Waals surface area contributed by atoms with E-state index in [9.17, 15) is 0 Å². The molecular formula is C12H11BrN2O2. The van der Waals surface area contributed by atoms with E-state index in [2.05, 4.69) is 25.8 Å². The lowest BCUT2D eigenvalue weighted by atomic mass is 9.69. The van der Waals surface area contributed by atoms with Crippen molar-refractivity contribution >= 4 is 15.9 Å². The second-order valence-electron chi connectivity index (χ2n) is 4.44. The summed E-state index contributed by atoms with van der Waals surface area (Å²) in [5.74, 6) is -0.526. The van der Waals surface area contributed by atoms with Gasteiger partial charge >= 0.3 is 0 Å². The van der Waals surface area contributed by atoms with Gasteiger partial charge < -0.3 is 14.3 Å². The topological polar surface area (TPSA) is 35.7 Å². The van der Waals surface area contributed by atoms with Crippen molar-refractivity contribution in [2.24, 2.45) is 0 Å². The van der Waals surface area contributed by atoms with E-state index < -0.39 is 11.3 Å². The van der Waals surface area contributed by atoms with E-state index in [1.165, 1.54) is 0 Å². The normalized spacial score (nSPS) is 24.2. The third-order valence-corrected chi connectivity index (χ3v) is 3.99. The minimum Gasteiger partial charge on any atom is -0.347 e. The third kappa shape index (κ3) is 1.60. The summed E-state index contributed by atoms with van der Waals surface area (Å²) in [5.41, 5.74) is 0.199. The molecule has 0 aromatic carbocycles. The quantitative estimate of drug-likeness (QED) is 0.747.